The van der Waals surface area contributed by atoms with Gasteiger partial charge in [-0.15, -0.1) is 0 Å². The quantitative estimate of drug-likeness (QED) is 0.925. The minimum absolute atomic E-state index is 0.0236. The highest BCUT2D eigenvalue weighted by Gasteiger charge is 2.50. The molecule has 0 saturated carbocycles. The molecule has 20 heavy (non-hydrogen) atoms. The fraction of sp³-hybridized carbons (Fsp3) is 0.500. The molecule has 1 atom stereocenters. The molecule has 1 N–H and O–H groups in total. The van der Waals surface area contributed by atoms with Crippen molar-refractivity contribution in [1.29, 1.82) is 0 Å². The van der Waals surface area contributed by atoms with Gasteiger partial charge in [0, 0.05) is 13.1 Å². The summed E-state index contributed by atoms with van der Waals surface area (Å²) >= 11 is 0. The van der Waals surface area contributed by atoms with Gasteiger partial charge in [-0.2, -0.15) is 30.6 Å². The third kappa shape index (κ3) is 3.50. The fourth-order valence-electron chi connectivity index (χ4n) is 2.21. The van der Waals surface area contributed by atoms with Crippen LogP contribution in [0.1, 0.15) is 18.4 Å². The highest BCUT2D eigenvalue weighted by atomic mass is 32.2. The summed E-state index contributed by atoms with van der Waals surface area (Å²) in [4.78, 5) is 0. The van der Waals surface area contributed by atoms with Crippen LogP contribution < -0.4 is 4.72 Å². The summed E-state index contributed by atoms with van der Waals surface area (Å²) in [6, 6.07) is 6.73. The maximum Gasteiger partial charge on any atom is 0.405 e. The number of nitrogens with zero attached hydrogens (tertiary/aromatic N) is 1. The Hall–Kier alpha value is -1.12. The Morgan fingerprint density at radius 3 is 2.50 bits per heavy atom. The molecule has 112 valence electrons. The number of halogens is 3. The minimum Gasteiger partial charge on any atom is -0.198 e. The lowest BCUT2D eigenvalue weighted by molar-refractivity contribution is -0.165. The zero-order valence-corrected chi connectivity index (χ0v) is 11.4. The van der Waals surface area contributed by atoms with Crippen LogP contribution >= 0.6 is 0 Å². The third-order valence-electron chi connectivity index (χ3n) is 3.19. The van der Waals surface area contributed by atoms with Crippen LogP contribution in [0.5, 0.6) is 0 Å². The maximum absolute atomic E-state index is 12.8. The van der Waals surface area contributed by atoms with Crippen LogP contribution in [0.4, 0.5) is 13.2 Å². The van der Waals surface area contributed by atoms with Crippen molar-refractivity contribution in [1.82, 2.24) is 9.03 Å². The Balaban J connectivity index is 2.06. The highest BCUT2D eigenvalue weighted by Crippen LogP contribution is 2.33. The van der Waals surface area contributed by atoms with Gasteiger partial charge in [-0.1, -0.05) is 30.3 Å². The van der Waals surface area contributed by atoms with Gasteiger partial charge in [0.2, 0.25) is 0 Å². The van der Waals surface area contributed by atoms with E-state index in [-0.39, 0.29) is 25.9 Å². The molecule has 0 aromatic heterocycles. The number of nitrogens with one attached hydrogen (secondary N) is 1. The van der Waals surface area contributed by atoms with Gasteiger partial charge in [0.05, 0.1) is 0 Å². The Labute approximate surface area is 115 Å². The lowest BCUT2D eigenvalue weighted by Crippen LogP contribution is -2.48. The molecule has 8 heteroatoms. The first-order valence-corrected chi connectivity index (χ1v) is 7.62. The molecule has 1 saturated heterocycles. The standard InChI is InChI=1S/C12H15F3N2O2S/c13-12(14,15)11-7-4-8-17(11)20(18,19)16-9-10-5-2-1-3-6-10/h1-3,5-6,11,16H,4,7-9H2/t11-/m0/s1. The summed E-state index contributed by atoms with van der Waals surface area (Å²) in [5.74, 6) is 0. The average molecular weight is 308 g/mol. The van der Waals surface area contributed by atoms with E-state index in [1.807, 2.05) is 0 Å². The monoisotopic (exact) mass is 308 g/mol. The van der Waals surface area contributed by atoms with Crippen molar-refractivity contribution in [3.63, 3.8) is 0 Å². The van der Waals surface area contributed by atoms with E-state index in [0.717, 1.165) is 0 Å². The number of alkyl halides is 3. The van der Waals surface area contributed by atoms with Gasteiger partial charge in [-0.25, -0.2) is 0 Å². The van der Waals surface area contributed by atoms with E-state index in [4.69, 9.17) is 0 Å². The molecule has 0 amide bonds. The first kappa shape index (κ1) is 15.3. The van der Waals surface area contributed by atoms with E-state index >= 15 is 0 Å². The van der Waals surface area contributed by atoms with Crippen LogP contribution in [-0.4, -0.2) is 31.5 Å². The second-order valence-corrected chi connectivity index (χ2v) is 6.33. The molecule has 1 aliphatic rings. The van der Waals surface area contributed by atoms with E-state index < -0.39 is 22.4 Å². The molecular formula is C12H15F3N2O2S. The molecule has 2 rings (SSSR count). The van der Waals surface area contributed by atoms with Gasteiger partial charge >= 0.3 is 6.18 Å². The first-order valence-electron chi connectivity index (χ1n) is 6.18. The van der Waals surface area contributed by atoms with Gasteiger partial charge in [0.15, 0.2) is 0 Å². The molecule has 0 unspecified atom stereocenters. The molecule has 4 nitrogen and oxygen atoms in total. The molecule has 1 fully saturated rings. The smallest absolute Gasteiger partial charge is 0.198 e. The summed E-state index contributed by atoms with van der Waals surface area (Å²) in [5.41, 5.74) is 0.693. The van der Waals surface area contributed by atoms with Crippen molar-refractivity contribution >= 4 is 10.2 Å². The lowest BCUT2D eigenvalue weighted by Gasteiger charge is -2.25. The molecule has 1 heterocycles. The number of hydrogen-bond acceptors (Lipinski definition) is 2. The molecule has 0 radical (unpaired) electrons. The summed E-state index contributed by atoms with van der Waals surface area (Å²) in [6.45, 7) is -0.126. The van der Waals surface area contributed by atoms with Crippen LogP contribution in [0.25, 0.3) is 0 Å². The first-order chi connectivity index (χ1) is 9.31. The normalized spacial score (nSPS) is 21.2. The summed E-state index contributed by atoms with van der Waals surface area (Å²) in [7, 11) is -4.13. The Morgan fingerprint density at radius 1 is 1.25 bits per heavy atom. The zero-order valence-electron chi connectivity index (χ0n) is 10.6. The van der Waals surface area contributed by atoms with Gasteiger partial charge < -0.3 is 0 Å². The molecule has 1 aromatic rings. The molecule has 0 bridgehead atoms. The SMILES string of the molecule is O=S(=O)(NCc1ccccc1)N1CCC[C@H]1C(F)(F)F. The lowest BCUT2D eigenvalue weighted by atomic mass is 10.2. The van der Waals surface area contributed by atoms with Crippen molar-refractivity contribution in [3.05, 3.63) is 35.9 Å². The van der Waals surface area contributed by atoms with E-state index in [2.05, 4.69) is 4.72 Å². The summed E-state index contributed by atoms with van der Waals surface area (Å²) in [5, 5.41) is 0. The topological polar surface area (TPSA) is 49.4 Å². The van der Waals surface area contributed by atoms with Gasteiger partial charge in [-0.3, -0.25) is 0 Å². The number of benzene rings is 1. The maximum atomic E-state index is 12.8. The van der Waals surface area contributed by atoms with E-state index in [9.17, 15) is 21.6 Å². The second kappa shape index (κ2) is 5.71. The molecule has 0 aliphatic carbocycles. The Kier molecular flexibility index (Phi) is 4.36. The predicted octanol–water partition coefficient (Wildman–Crippen LogP) is 2.05. The Morgan fingerprint density at radius 2 is 1.90 bits per heavy atom. The van der Waals surface area contributed by atoms with E-state index in [1.54, 1.807) is 30.3 Å². The summed E-state index contributed by atoms with van der Waals surface area (Å²) in [6.07, 6.45) is -4.50. The van der Waals surface area contributed by atoms with E-state index in [1.165, 1.54) is 0 Å². The zero-order chi connectivity index (χ0) is 14.8. The second-order valence-electron chi connectivity index (χ2n) is 4.62. The number of rotatable bonds is 4. The number of hydrogen-bond donors (Lipinski definition) is 1. The van der Waals surface area contributed by atoms with Gasteiger partial charge in [-0.05, 0) is 18.4 Å². The average Bonchev–Trinajstić information content (AvgIpc) is 2.88. The van der Waals surface area contributed by atoms with Crippen molar-refractivity contribution in [2.45, 2.75) is 31.6 Å². The highest BCUT2D eigenvalue weighted by molar-refractivity contribution is 7.87. The van der Waals surface area contributed by atoms with Crippen LogP contribution in [-0.2, 0) is 16.8 Å². The van der Waals surface area contributed by atoms with Crippen LogP contribution in [0, 0.1) is 0 Å². The predicted molar refractivity (Wildman–Crippen MR) is 68.0 cm³/mol. The summed E-state index contributed by atoms with van der Waals surface area (Å²) < 4.78 is 65.0. The van der Waals surface area contributed by atoms with Crippen LogP contribution in [0.2, 0.25) is 0 Å². The van der Waals surface area contributed by atoms with Crippen molar-refractivity contribution in [3.8, 4) is 0 Å². The van der Waals surface area contributed by atoms with Crippen LogP contribution in [0.15, 0.2) is 30.3 Å². The molecule has 1 aromatic carbocycles. The molecule has 1 aliphatic heterocycles. The Bertz CT molecular complexity index is 546. The van der Waals surface area contributed by atoms with Crippen molar-refractivity contribution in [2.75, 3.05) is 6.54 Å². The fourth-order valence-corrected chi connectivity index (χ4v) is 3.65. The van der Waals surface area contributed by atoms with E-state index in [0.29, 0.717) is 9.87 Å². The molecular weight excluding hydrogens is 293 g/mol. The molecule has 0 spiro atoms. The minimum atomic E-state index is -4.53. The van der Waals surface area contributed by atoms with Gasteiger partial charge in [0.25, 0.3) is 10.2 Å². The van der Waals surface area contributed by atoms with Crippen LogP contribution in [0.3, 0.4) is 0 Å². The van der Waals surface area contributed by atoms with Crippen molar-refractivity contribution in [2.24, 2.45) is 0 Å². The largest absolute Gasteiger partial charge is 0.405 e. The van der Waals surface area contributed by atoms with Gasteiger partial charge in [0.1, 0.15) is 6.04 Å². The third-order valence-corrected chi connectivity index (χ3v) is 4.76. The van der Waals surface area contributed by atoms with Crippen molar-refractivity contribution < 1.29 is 21.6 Å².